The second kappa shape index (κ2) is 7.14. The number of carbonyl (C=O) groups excluding carboxylic acids is 1. The molecule has 0 bridgehead atoms. The lowest BCUT2D eigenvalue weighted by molar-refractivity contribution is -0.147. The first-order chi connectivity index (χ1) is 9.05. The molecular formula is C15H23NO3. The Labute approximate surface area is 115 Å². The minimum absolute atomic E-state index is 0.239. The highest BCUT2D eigenvalue weighted by atomic mass is 16.5. The molecule has 0 saturated heterocycles. The van der Waals surface area contributed by atoms with Gasteiger partial charge in [-0.3, -0.25) is 4.79 Å². The molecule has 0 fully saturated rings. The van der Waals surface area contributed by atoms with E-state index in [1.165, 1.54) is 7.11 Å². The van der Waals surface area contributed by atoms with E-state index in [1.54, 1.807) is 7.11 Å². The first-order valence-corrected chi connectivity index (χ1v) is 6.52. The van der Waals surface area contributed by atoms with Crippen LogP contribution in [0.5, 0.6) is 5.75 Å². The maximum Gasteiger partial charge on any atom is 0.326 e. The number of methoxy groups -OCH3 is 2. The topological polar surface area (TPSA) is 47.6 Å². The standard InChI is InChI=1S/C15H23NO3/c1-5-10-16-15(2,14(17)19-4)11-12-6-8-13(18-3)9-7-12/h6-9,16H,5,10-11H2,1-4H3. The Hall–Kier alpha value is -1.55. The van der Waals surface area contributed by atoms with Crippen LogP contribution in [0.1, 0.15) is 25.8 Å². The van der Waals surface area contributed by atoms with Crippen molar-refractivity contribution in [3.05, 3.63) is 29.8 Å². The highest BCUT2D eigenvalue weighted by Crippen LogP contribution is 2.18. The molecule has 0 radical (unpaired) electrons. The molecule has 0 amide bonds. The van der Waals surface area contributed by atoms with Gasteiger partial charge >= 0.3 is 5.97 Å². The lowest BCUT2D eigenvalue weighted by Crippen LogP contribution is -2.52. The highest BCUT2D eigenvalue weighted by Gasteiger charge is 2.33. The first-order valence-electron chi connectivity index (χ1n) is 6.52. The van der Waals surface area contributed by atoms with Gasteiger partial charge in [0.2, 0.25) is 0 Å². The summed E-state index contributed by atoms with van der Waals surface area (Å²) in [5, 5.41) is 3.27. The molecule has 1 N–H and O–H groups in total. The Bertz CT molecular complexity index is 402. The van der Waals surface area contributed by atoms with E-state index in [0.29, 0.717) is 6.42 Å². The third kappa shape index (κ3) is 4.24. The smallest absolute Gasteiger partial charge is 0.326 e. The molecule has 0 aliphatic carbocycles. The van der Waals surface area contributed by atoms with E-state index >= 15 is 0 Å². The average molecular weight is 265 g/mol. The maximum absolute atomic E-state index is 12.0. The van der Waals surface area contributed by atoms with Crippen molar-refractivity contribution in [1.82, 2.24) is 5.32 Å². The molecule has 1 unspecified atom stereocenters. The zero-order valence-corrected chi connectivity index (χ0v) is 12.2. The van der Waals surface area contributed by atoms with Crippen LogP contribution in [0.25, 0.3) is 0 Å². The maximum atomic E-state index is 12.0. The monoisotopic (exact) mass is 265 g/mol. The summed E-state index contributed by atoms with van der Waals surface area (Å²) >= 11 is 0. The number of esters is 1. The van der Waals surface area contributed by atoms with Crippen LogP contribution in [0, 0.1) is 0 Å². The summed E-state index contributed by atoms with van der Waals surface area (Å²) in [6.45, 7) is 4.72. The summed E-state index contributed by atoms with van der Waals surface area (Å²) in [6.07, 6.45) is 1.55. The molecule has 0 aromatic heterocycles. The highest BCUT2D eigenvalue weighted by molar-refractivity contribution is 5.80. The average Bonchev–Trinajstić information content (AvgIpc) is 2.45. The van der Waals surface area contributed by atoms with Gasteiger partial charge in [-0.2, -0.15) is 0 Å². The van der Waals surface area contributed by atoms with Crippen molar-refractivity contribution >= 4 is 5.97 Å². The Morgan fingerprint density at radius 1 is 1.26 bits per heavy atom. The SMILES string of the molecule is CCCNC(C)(Cc1ccc(OC)cc1)C(=O)OC. The van der Waals surface area contributed by atoms with Gasteiger partial charge in [-0.1, -0.05) is 19.1 Å². The molecule has 0 spiro atoms. The Morgan fingerprint density at radius 2 is 1.89 bits per heavy atom. The van der Waals surface area contributed by atoms with E-state index in [2.05, 4.69) is 12.2 Å². The molecular weight excluding hydrogens is 242 g/mol. The van der Waals surface area contributed by atoms with Crippen LogP contribution in [0.4, 0.5) is 0 Å². The van der Waals surface area contributed by atoms with Gasteiger partial charge in [0.1, 0.15) is 11.3 Å². The fraction of sp³-hybridized carbons (Fsp3) is 0.533. The number of benzene rings is 1. The number of rotatable bonds is 7. The molecule has 1 rings (SSSR count). The molecule has 1 aromatic carbocycles. The Balaban J connectivity index is 2.83. The second-order valence-corrected chi connectivity index (χ2v) is 4.78. The third-order valence-electron chi connectivity index (χ3n) is 3.12. The van der Waals surface area contributed by atoms with E-state index in [0.717, 1.165) is 24.3 Å². The van der Waals surface area contributed by atoms with E-state index < -0.39 is 5.54 Å². The van der Waals surface area contributed by atoms with Crippen molar-refractivity contribution in [3.8, 4) is 5.75 Å². The number of hydrogen-bond donors (Lipinski definition) is 1. The Morgan fingerprint density at radius 3 is 2.37 bits per heavy atom. The van der Waals surface area contributed by atoms with E-state index in [9.17, 15) is 4.79 Å². The minimum atomic E-state index is -0.695. The molecule has 1 atom stereocenters. The van der Waals surface area contributed by atoms with Crippen molar-refractivity contribution in [1.29, 1.82) is 0 Å². The van der Waals surface area contributed by atoms with Gasteiger partial charge in [0.25, 0.3) is 0 Å². The zero-order valence-electron chi connectivity index (χ0n) is 12.2. The lowest BCUT2D eigenvalue weighted by atomic mass is 9.92. The van der Waals surface area contributed by atoms with Gasteiger partial charge in [0.15, 0.2) is 0 Å². The van der Waals surface area contributed by atoms with Gasteiger partial charge in [0.05, 0.1) is 14.2 Å². The molecule has 106 valence electrons. The predicted molar refractivity (Wildman–Crippen MR) is 75.4 cm³/mol. The van der Waals surface area contributed by atoms with Crippen LogP contribution >= 0.6 is 0 Å². The van der Waals surface area contributed by atoms with Crippen LogP contribution in [0.3, 0.4) is 0 Å². The third-order valence-corrected chi connectivity index (χ3v) is 3.12. The summed E-state index contributed by atoms with van der Waals surface area (Å²) < 4.78 is 10.0. The summed E-state index contributed by atoms with van der Waals surface area (Å²) in [4.78, 5) is 12.0. The molecule has 0 heterocycles. The second-order valence-electron chi connectivity index (χ2n) is 4.78. The van der Waals surface area contributed by atoms with Crippen molar-refractivity contribution in [3.63, 3.8) is 0 Å². The number of nitrogens with one attached hydrogen (secondary N) is 1. The fourth-order valence-corrected chi connectivity index (χ4v) is 1.98. The van der Waals surface area contributed by atoms with Crippen molar-refractivity contribution in [2.24, 2.45) is 0 Å². The lowest BCUT2D eigenvalue weighted by Gasteiger charge is -2.28. The van der Waals surface area contributed by atoms with Gasteiger partial charge in [-0.25, -0.2) is 0 Å². The summed E-state index contributed by atoms with van der Waals surface area (Å²) in [7, 11) is 3.05. The molecule has 1 aromatic rings. The normalized spacial score (nSPS) is 13.7. The van der Waals surface area contributed by atoms with Crippen LogP contribution in [-0.2, 0) is 16.0 Å². The van der Waals surface area contributed by atoms with Crippen LogP contribution in [0.15, 0.2) is 24.3 Å². The molecule has 4 heteroatoms. The van der Waals surface area contributed by atoms with E-state index in [1.807, 2.05) is 31.2 Å². The molecule has 19 heavy (non-hydrogen) atoms. The zero-order chi connectivity index (χ0) is 14.3. The van der Waals surface area contributed by atoms with E-state index in [-0.39, 0.29) is 5.97 Å². The number of carbonyl (C=O) groups is 1. The Kier molecular flexibility index (Phi) is 5.83. The fourth-order valence-electron chi connectivity index (χ4n) is 1.98. The van der Waals surface area contributed by atoms with Gasteiger partial charge in [0, 0.05) is 6.42 Å². The van der Waals surface area contributed by atoms with Crippen LogP contribution in [0.2, 0.25) is 0 Å². The van der Waals surface area contributed by atoms with Gasteiger partial charge < -0.3 is 14.8 Å². The van der Waals surface area contributed by atoms with Crippen molar-refractivity contribution < 1.29 is 14.3 Å². The summed E-state index contributed by atoms with van der Waals surface area (Å²) in [5.74, 6) is 0.571. The first kappa shape index (κ1) is 15.5. The predicted octanol–water partition coefficient (Wildman–Crippen LogP) is 2.17. The van der Waals surface area contributed by atoms with Crippen molar-refractivity contribution in [2.45, 2.75) is 32.2 Å². The van der Waals surface area contributed by atoms with E-state index in [4.69, 9.17) is 9.47 Å². The molecule has 0 aliphatic heterocycles. The quantitative estimate of drug-likeness (QED) is 0.768. The van der Waals surface area contributed by atoms with Gasteiger partial charge in [-0.15, -0.1) is 0 Å². The summed E-state index contributed by atoms with van der Waals surface area (Å²) in [5.41, 5.74) is 0.372. The number of ether oxygens (including phenoxy) is 2. The molecule has 0 aliphatic rings. The minimum Gasteiger partial charge on any atom is -0.497 e. The van der Waals surface area contributed by atoms with Crippen LogP contribution in [-0.4, -0.2) is 32.3 Å². The summed E-state index contributed by atoms with van der Waals surface area (Å²) in [6, 6.07) is 7.72. The molecule has 0 saturated carbocycles. The van der Waals surface area contributed by atoms with Crippen LogP contribution < -0.4 is 10.1 Å². The largest absolute Gasteiger partial charge is 0.497 e. The number of hydrogen-bond acceptors (Lipinski definition) is 4. The van der Waals surface area contributed by atoms with Crippen molar-refractivity contribution in [2.75, 3.05) is 20.8 Å². The van der Waals surface area contributed by atoms with Gasteiger partial charge in [-0.05, 0) is 37.6 Å². The molecule has 4 nitrogen and oxygen atoms in total.